The van der Waals surface area contributed by atoms with E-state index in [4.69, 9.17) is 13.8 Å². The van der Waals surface area contributed by atoms with Crippen LogP contribution in [0.5, 0.6) is 0 Å². The highest BCUT2D eigenvalue weighted by molar-refractivity contribution is 7.57. The Balaban J connectivity index is 5.31. The third-order valence-electron chi connectivity index (χ3n) is 2.05. The van der Waals surface area contributed by atoms with E-state index in [1.54, 1.807) is 0 Å². The van der Waals surface area contributed by atoms with Gasteiger partial charge in [0.15, 0.2) is 0 Å². The molecule has 0 unspecified atom stereocenters. The molecule has 0 atom stereocenters. The van der Waals surface area contributed by atoms with Crippen LogP contribution in [0, 0.1) is 0 Å². The first-order valence-electron chi connectivity index (χ1n) is 7.38. The largest absolute Gasteiger partial charge is 0.494 e. The topological polar surface area (TPSA) is 44.8 Å². The van der Waals surface area contributed by atoms with Gasteiger partial charge in [-0.1, -0.05) is 19.1 Å². The number of rotatable bonds is 7. The first-order chi connectivity index (χ1) is 9.41. The third-order valence-corrected chi connectivity index (χ3v) is 4.26. The molecule has 0 heterocycles. The Morgan fingerprint density at radius 2 is 1.52 bits per heavy atom. The molecule has 0 saturated carbocycles. The zero-order valence-corrected chi connectivity index (χ0v) is 15.6. The molecule has 124 valence electrons. The third kappa shape index (κ3) is 10.8. The Bertz CT molecular complexity index is 391. The highest BCUT2D eigenvalue weighted by Crippen LogP contribution is 2.56. The minimum absolute atomic E-state index is 0.446. The van der Waals surface area contributed by atoms with Crippen LogP contribution in [0.3, 0.4) is 0 Å². The second kappa shape index (κ2) is 8.17. The highest BCUT2D eigenvalue weighted by atomic mass is 31.2. The van der Waals surface area contributed by atoms with E-state index in [0.717, 1.165) is 0 Å². The summed E-state index contributed by atoms with van der Waals surface area (Å²) < 4.78 is 30.0. The van der Waals surface area contributed by atoms with Crippen molar-refractivity contribution in [2.45, 2.75) is 73.0 Å². The van der Waals surface area contributed by atoms with Gasteiger partial charge in [0, 0.05) is 6.42 Å². The van der Waals surface area contributed by atoms with Gasteiger partial charge in [-0.05, 0) is 48.5 Å². The van der Waals surface area contributed by atoms with Crippen molar-refractivity contribution in [2.24, 2.45) is 0 Å². The summed E-state index contributed by atoms with van der Waals surface area (Å²) in [6.45, 7) is 15.4. The normalized spacial score (nSPS) is 14.8. The van der Waals surface area contributed by atoms with E-state index < -0.39 is 18.8 Å². The summed E-state index contributed by atoms with van der Waals surface area (Å²) in [5.74, 6) is 2.12. The first kappa shape index (κ1) is 20.4. The Morgan fingerprint density at radius 1 is 1.05 bits per heavy atom. The van der Waals surface area contributed by atoms with Gasteiger partial charge in [0.05, 0.1) is 17.0 Å². The maximum absolute atomic E-state index is 13.0. The van der Waals surface area contributed by atoms with Crippen LogP contribution in [0.4, 0.5) is 0 Å². The van der Waals surface area contributed by atoms with Crippen LogP contribution in [-0.4, -0.2) is 17.8 Å². The number of allylic oxidation sites excluding steroid dienone is 2. The van der Waals surface area contributed by atoms with Crippen LogP contribution in [0.25, 0.3) is 0 Å². The van der Waals surface area contributed by atoms with Crippen LogP contribution in [0.1, 0.15) is 61.8 Å². The number of hydrogen-bond donors (Lipinski definition) is 0. The summed E-state index contributed by atoms with van der Waals surface area (Å²) in [6, 6.07) is 0. The van der Waals surface area contributed by atoms with E-state index >= 15 is 0 Å². The van der Waals surface area contributed by atoms with Crippen molar-refractivity contribution in [2.75, 3.05) is 6.61 Å². The van der Waals surface area contributed by atoms with Crippen LogP contribution in [0.15, 0.2) is 23.7 Å². The molecule has 4 nitrogen and oxygen atoms in total. The lowest BCUT2D eigenvalue weighted by Crippen LogP contribution is -2.23. The second-order valence-electron chi connectivity index (χ2n) is 6.78. The van der Waals surface area contributed by atoms with Crippen LogP contribution < -0.4 is 0 Å². The molecule has 0 aromatic carbocycles. The smallest absolute Gasteiger partial charge is 0.358 e. The summed E-state index contributed by atoms with van der Waals surface area (Å²) in [5, 5.41) is 0. The predicted octanol–water partition coefficient (Wildman–Crippen LogP) is 5.65. The number of hydrogen-bond acceptors (Lipinski definition) is 4. The van der Waals surface area contributed by atoms with Gasteiger partial charge in [-0.3, -0.25) is 13.6 Å². The van der Waals surface area contributed by atoms with Gasteiger partial charge in [0.25, 0.3) is 0 Å². The van der Waals surface area contributed by atoms with Gasteiger partial charge in [0.1, 0.15) is 12.4 Å². The highest BCUT2D eigenvalue weighted by Gasteiger charge is 2.34. The quantitative estimate of drug-likeness (QED) is 0.345. The molecule has 0 amide bonds. The fraction of sp³-hybridized carbons (Fsp3) is 0.750. The van der Waals surface area contributed by atoms with Gasteiger partial charge in [-0.25, -0.2) is 0 Å². The van der Waals surface area contributed by atoms with Crippen molar-refractivity contribution >= 4 is 7.60 Å². The van der Waals surface area contributed by atoms with Crippen molar-refractivity contribution in [3.05, 3.63) is 23.7 Å². The molecule has 0 aromatic heterocycles. The fourth-order valence-corrected chi connectivity index (χ4v) is 3.77. The van der Waals surface area contributed by atoms with Crippen molar-refractivity contribution in [1.29, 1.82) is 0 Å². The van der Waals surface area contributed by atoms with Crippen molar-refractivity contribution < 1.29 is 18.3 Å². The summed E-state index contributed by atoms with van der Waals surface area (Å²) >= 11 is 0. The lowest BCUT2D eigenvalue weighted by atomic mass is 10.2. The maximum Gasteiger partial charge on any atom is 0.358 e. The second-order valence-corrected chi connectivity index (χ2v) is 8.48. The summed E-state index contributed by atoms with van der Waals surface area (Å²) in [4.78, 5) is 0. The van der Waals surface area contributed by atoms with Crippen LogP contribution >= 0.6 is 7.60 Å². The minimum Gasteiger partial charge on any atom is -0.494 e. The molecule has 0 aliphatic carbocycles. The molecule has 0 fully saturated rings. The van der Waals surface area contributed by atoms with Crippen molar-refractivity contribution in [3.63, 3.8) is 0 Å². The first-order valence-corrected chi connectivity index (χ1v) is 8.99. The molecule has 21 heavy (non-hydrogen) atoms. The van der Waals surface area contributed by atoms with Gasteiger partial charge in [-0.15, -0.1) is 0 Å². The monoisotopic (exact) mass is 318 g/mol. The molecular weight excluding hydrogens is 287 g/mol. The lowest BCUT2D eigenvalue weighted by molar-refractivity contribution is 0.0536. The summed E-state index contributed by atoms with van der Waals surface area (Å²) in [5.41, 5.74) is -1.14. The van der Waals surface area contributed by atoms with E-state index in [1.807, 2.05) is 67.5 Å². The predicted molar refractivity (Wildman–Crippen MR) is 88.4 cm³/mol. The molecule has 0 aliphatic rings. The zero-order valence-electron chi connectivity index (χ0n) is 14.7. The molecule has 0 saturated heterocycles. The Morgan fingerprint density at radius 3 is 1.86 bits per heavy atom. The average Bonchev–Trinajstić information content (AvgIpc) is 2.22. The molecule has 0 radical (unpaired) electrons. The van der Waals surface area contributed by atoms with E-state index in [2.05, 4.69) is 0 Å². The van der Waals surface area contributed by atoms with Gasteiger partial charge in [0.2, 0.25) is 0 Å². The Kier molecular flexibility index (Phi) is 7.94. The van der Waals surface area contributed by atoms with E-state index in [9.17, 15) is 4.57 Å². The Labute approximate surface area is 130 Å². The molecule has 0 N–H and O–H groups in total. The van der Waals surface area contributed by atoms with E-state index in [-0.39, 0.29) is 0 Å². The number of ether oxygens (including phenoxy) is 1. The molecule has 0 rings (SSSR count). The summed E-state index contributed by atoms with van der Waals surface area (Å²) in [6.07, 6.45) is 4.43. The molecule has 0 aromatic rings. The Hall–Kier alpha value is -0.570. The molecule has 0 spiro atoms. The zero-order chi connectivity index (χ0) is 16.7. The van der Waals surface area contributed by atoms with Gasteiger partial charge < -0.3 is 4.74 Å². The van der Waals surface area contributed by atoms with E-state index in [0.29, 0.717) is 18.8 Å². The summed E-state index contributed by atoms with van der Waals surface area (Å²) in [7, 11) is -3.39. The molecule has 5 heteroatoms. The van der Waals surface area contributed by atoms with Crippen LogP contribution in [0.2, 0.25) is 0 Å². The fourth-order valence-electron chi connectivity index (χ4n) is 1.49. The molecule has 0 aliphatic heterocycles. The van der Waals surface area contributed by atoms with Gasteiger partial charge >= 0.3 is 7.60 Å². The molecular formula is C16H31O4P. The van der Waals surface area contributed by atoms with Crippen molar-refractivity contribution in [1.82, 2.24) is 0 Å². The average molecular weight is 318 g/mol. The minimum atomic E-state index is -3.39. The van der Waals surface area contributed by atoms with Gasteiger partial charge in [-0.2, -0.15) is 0 Å². The molecule has 0 bridgehead atoms. The van der Waals surface area contributed by atoms with Crippen molar-refractivity contribution in [3.8, 4) is 0 Å². The van der Waals surface area contributed by atoms with E-state index in [1.165, 1.54) is 5.82 Å². The maximum atomic E-state index is 13.0. The van der Waals surface area contributed by atoms with Crippen LogP contribution in [-0.2, 0) is 18.3 Å². The SMILES string of the molecule is C/C=C/CO/C(=C/P(=O)(OC(C)(C)C)OC(C)(C)C)CC. The standard InChI is InChI=1S/C16H31O4P/c1-9-11-12-18-14(10-2)13-21(17,19-15(3,4)5)20-16(6,7)8/h9,11,13H,10,12H2,1-8H3/b11-9+,14-13+. The lowest BCUT2D eigenvalue weighted by Gasteiger charge is -2.30.